The molecule has 1 unspecified atom stereocenters. The van der Waals surface area contributed by atoms with Gasteiger partial charge >= 0.3 is 0 Å². The molecule has 1 aliphatic heterocycles. The molecule has 2 aromatic rings. The van der Waals surface area contributed by atoms with Crippen LogP contribution in [0.15, 0.2) is 42.5 Å². The zero-order valence-corrected chi connectivity index (χ0v) is 12.1. The van der Waals surface area contributed by atoms with E-state index in [0.717, 1.165) is 25.1 Å². The first kappa shape index (κ1) is 13.2. The molecule has 104 valence electrons. The number of fused-ring (bicyclic) bond motifs is 1. The van der Waals surface area contributed by atoms with Crippen LogP contribution in [0, 0.1) is 13.8 Å². The number of para-hydroxylation sites is 1. The van der Waals surface area contributed by atoms with Crippen LogP contribution in [-0.2, 0) is 6.54 Å². The Labute approximate surface area is 120 Å². The Bertz CT molecular complexity index is 621. The summed E-state index contributed by atoms with van der Waals surface area (Å²) in [6.07, 6.45) is 0.490. The number of rotatable bonds is 2. The Hall–Kier alpha value is -1.80. The summed E-state index contributed by atoms with van der Waals surface area (Å²) in [5, 5.41) is 10.1. The number of aryl methyl sites for hydroxylation is 2. The number of anilines is 1. The lowest BCUT2D eigenvalue weighted by Gasteiger charge is -2.34. The molecule has 0 bridgehead atoms. The predicted molar refractivity (Wildman–Crippen MR) is 83.0 cm³/mol. The number of nitrogens with zero attached hydrogens (tertiary/aromatic N) is 1. The molecule has 0 aromatic heterocycles. The fourth-order valence-corrected chi connectivity index (χ4v) is 2.90. The third kappa shape index (κ3) is 2.44. The van der Waals surface area contributed by atoms with E-state index < -0.39 is 0 Å². The molecule has 0 fully saturated rings. The van der Waals surface area contributed by atoms with Gasteiger partial charge in [0.2, 0.25) is 0 Å². The monoisotopic (exact) mass is 267 g/mol. The summed E-state index contributed by atoms with van der Waals surface area (Å²) in [6.45, 7) is 6.12. The molecular weight excluding hydrogens is 246 g/mol. The van der Waals surface area contributed by atoms with Gasteiger partial charge in [-0.05, 0) is 43.0 Å². The highest BCUT2D eigenvalue weighted by molar-refractivity contribution is 5.56. The van der Waals surface area contributed by atoms with Crippen molar-refractivity contribution in [3.63, 3.8) is 0 Å². The molecule has 0 saturated heterocycles. The molecule has 2 nitrogen and oxygen atoms in total. The first-order valence-electron chi connectivity index (χ1n) is 7.23. The topological polar surface area (TPSA) is 23.5 Å². The zero-order valence-electron chi connectivity index (χ0n) is 12.1. The molecule has 0 radical (unpaired) electrons. The van der Waals surface area contributed by atoms with Gasteiger partial charge in [0.1, 0.15) is 0 Å². The van der Waals surface area contributed by atoms with Crippen molar-refractivity contribution in [2.75, 3.05) is 11.4 Å². The quantitative estimate of drug-likeness (QED) is 0.896. The summed E-state index contributed by atoms with van der Waals surface area (Å²) in [5.41, 5.74) is 6.24. The van der Waals surface area contributed by atoms with Crippen molar-refractivity contribution >= 4 is 5.69 Å². The van der Waals surface area contributed by atoms with Crippen LogP contribution in [0.25, 0.3) is 0 Å². The van der Waals surface area contributed by atoms with Crippen LogP contribution >= 0.6 is 0 Å². The van der Waals surface area contributed by atoms with Gasteiger partial charge in [0.05, 0.1) is 6.10 Å². The Morgan fingerprint density at radius 3 is 2.70 bits per heavy atom. The van der Waals surface area contributed by atoms with Crippen molar-refractivity contribution in [2.45, 2.75) is 32.9 Å². The van der Waals surface area contributed by atoms with Crippen LogP contribution in [0.2, 0.25) is 0 Å². The summed E-state index contributed by atoms with van der Waals surface area (Å²) in [6, 6.07) is 14.9. The first-order valence-corrected chi connectivity index (χ1v) is 7.23. The van der Waals surface area contributed by atoms with Crippen LogP contribution in [-0.4, -0.2) is 11.7 Å². The molecule has 2 heteroatoms. The Balaban J connectivity index is 1.88. The van der Waals surface area contributed by atoms with Crippen LogP contribution in [0.4, 0.5) is 5.69 Å². The maximum atomic E-state index is 10.1. The minimum absolute atomic E-state index is 0.317. The second kappa shape index (κ2) is 5.29. The second-order valence-corrected chi connectivity index (χ2v) is 5.70. The summed E-state index contributed by atoms with van der Waals surface area (Å²) in [5.74, 6) is 0. The van der Waals surface area contributed by atoms with Crippen LogP contribution in [0.5, 0.6) is 0 Å². The van der Waals surface area contributed by atoms with E-state index in [4.69, 9.17) is 0 Å². The van der Waals surface area contributed by atoms with E-state index in [1.54, 1.807) is 0 Å². The molecule has 1 atom stereocenters. The number of benzene rings is 2. The van der Waals surface area contributed by atoms with Gasteiger partial charge in [0.25, 0.3) is 0 Å². The standard InChI is InChI=1S/C18H21NO/c1-13-7-8-15(11-14(13)2)12-19-10-9-18(20)16-5-3-4-6-17(16)19/h3-8,11,18,20H,9-10,12H2,1-2H3. The van der Waals surface area contributed by atoms with Gasteiger partial charge < -0.3 is 10.0 Å². The fraction of sp³-hybridized carbons (Fsp3) is 0.333. The molecule has 20 heavy (non-hydrogen) atoms. The molecule has 1 aliphatic rings. The highest BCUT2D eigenvalue weighted by atomic mass is 16.3. The average Bonchev–Trinajstić information content (AvgIpc) is 2.46. The number of hydrogen-bond acceptors (Lipinski definition) is 2. The Morgan fingerprint density at radius 2 is 1.90 bits per heavy atom. The molecule has 0 amide bonds. The van der Waals surface area contributed by atoms with E-state index in [1.165, 1.54) is 22.4 Å². The Kier molecular flexibility index (Phi) is 3.49. The third-order valence-electron chi connectivity index (χ3n) is 4.25. The molecule has 1 N–H and O–H groups in total. The fourth-order valence-electron chi connectivity index (χ4n) is 2.90. The molecule has 1 heterocycles. The van der Waals surface area contributed by atoms with Crippen molar-refractivity contribution in [3.8, 4) is 0 Å². The van der Waals surface area contributed by atoms with Crippen LogP contribution < -0.4 is 4.90 Å². The second-order valence-electron chi connectivity index (χ2n) is 5.70. The summed E-state index contributed by atoms with van der Waals surface area (Å²) in [4.78, 5) is 2.37. The maximum absolute atomic E-state index is 10.1. The van der Waals surface area contributed by atoms with Crippen molar-refractivity contribution in [3.05, 3.63) is 64.7 Å². The molecule has 0 saturated carbocycles. The molecule has 0 aliphatic carbocycles. The number of aliphatic hydroxyl groups excluding tert-OH is 1. The third-order valence-corrected chi connectivity index (χ3v) is 4.25. The number of aliphatic hydroxyl groups is 1. The van der Waals surface area contributed by atoms with Gasteiger partial charge in [0.15, 0.2) is 0 Å². The largest absolute Gasteiger partial charge is 0.388 e. The lowest BCUT2D eigenvalue weighted by molar-refractivity contribution is 0.164. The molecule has 3 rings (SSSR count). The highest BCUT2D eigenvalue weighted by Crippen LogP contribution is 2.34. The van der Waals surface area contributed by atoms with Gasteiger partial charge in [-0.15, -0.1) is 0 Å². The average molecular weight is 267 g/mol. The van der Waals surface area contributed by atoms with E-state index in [2.05, 4.69) is 43.0 Å². The summed E-state index contributed by atoms with van der Waals surface area (Å²) in [7, 11) is 0. The zero-order chi connectivity index (χ0) is 14.1. The van der Waals surface area contributed by atoms with Gasteiger partial charge in [-0.25, -0.2) is 0 Å². The summed E-state index contributed by atoms with van der Waals surface area (Å²) < 4.78 is 0. The van der Waals surface area contributed by atoms with E-state index in [9.17, 15) is 5.11 Å². The minimum atomic E-state index is -0.317. The van der Waals surface area contributed by atoms with Gasteiger partial charge in [0, 0.05) is 24.3 Å². The molecule has 2 aromatic carbocycles. The number of hydrogen-bond donors (Lipinski definition) is 1. The van der Waals surface area contributed by atoms with Crippen molar-refractivity contribution < 1.29 is 5.11 Å². The lowest BCUT2D eigenvalue weighted by Crippen LogP contribution is -2.30. The van der Waals surface area contributed by atoms with E-state index >= 15 is 0 Å². The van der Waals surface area contributed by atoms with Gasteiger partial charge in [-0.1, -0.05) is 36.4 Å². The molecular formula is C18H21NO. The SMILES string of the molecule is Cc1ccc(CN2CCC(O)c3ccccc32)cc1C. The van der Waals surface area contributed by atoms with Crippen molar-refractivity contribution in [2.24, 2.45) is 0 Å². The van der Waals surface area contributed by atoms with E-state index in [-0.39, 0.29) is 6.10 Å². The van der Waals surface area contributed by atoms with E-state index in [1.807, 2.05) is 18.2 Å². The van der Waals surface area contributed by atoms with Crippen molar-refractivity contribution in [1.82, 2.24) is 0 Å². The lowest BCUT2D eigenvalue weighted by atomic mass is 9.98. The Morgan fingerprint density at radius 1 is 1.10 bits per heavy atom. The van der Waals surface area contributed by atoms with Gasteiger partial charge in [-0.2, -0.15) is 0 Å². The predicted octanol–water partition coefficient (Wildman–Crippen LogP) is 3.75. The van der Waals surface area contributed by atoms with Crippen LogP contribution in [0.3, 0.4) is 0 Å². The highest BCUT2D eigenvalue weighted by Gasteiger charge is 2.22. The minimum Gasteiger partial charge on any atom is -0.388 e. The normalized spacial score (nSPS) is 17.9. The molecule has 0 spiro atoms. The first-order chi connectivity index (χ1) is 9.65. The van der Waals surface area contributed by atoms with Crippen molar-refractivity contribution in [1.29, 1.82) is 0 Å². The van der Waals surface area contributed by atoms with E-state index in [0.29, 0.717) is 0 Å². The smallest absolute Gasteiger partial charge is 0.0826 e. The van der Waals surface area contributed by atoms with Gasteiger partial charge in [-0.3, -0.25) is 0 Å². The maximum Gasteiger partial charge on any atom is 0.0826 e. The van der Waals surface area contributed by atoms with Crippen LogP contribution in [0.1, 0.15) is 34.8 Å². The summed E-state index contributed by atoms with van der Waals surface area (Å²) >= 11 is 0.